The SMILES string of the molecule is CCC1=[NH+]C(c2ccc(OC)c(OC)c2)N(O)C1(C)C. The lowest BCUT2D eigenvalue weighted by Gasteiger charge is -2.25. The van der Waals surface area contributed by atoms with E-state index in [1.807, 2.05) is 32.0 Å². The van der Waals surface area contributed by atoms with Crippen LogP contribution in [-0.2, 0) is 0 Å². The summed E-state index contributed by atoms with van der Waals surface area (Å²) in [5, 5.41) is 11.8. The monoisotopic (exact) mass is 279 g/mol. The largest absolute Gasteiger partial charge is 0.493 e. The van der Waals surface area contributed by atoms with Crippen molar-refractivity contribution in [3.8, 4) is 11.5 Å². The minimum atomic E-state index is -0.396. The Kier molecular flexibility index (Phi) is 4.01. The Morgan fingerprint density at radius 2 is 1.90 bits per heavy atom. The highest BCUT2D eigenvalue weighted by Crippen LogP contribution is 2.32. The molecule has 0 aromatic heterocycles. The topological polar surface area (TPSA) is 55.9 Å². The molecule has 1 heterocycles. The van der Waals surface area contributed by atoms with Crippen LogP contribution >= 0.6 is 0 Å². The van der Waals surface area contributed by atoms with Gasteiger partial charge in [-0.05, 0) is 32.0 Å². The molecule has 0 bridgehead atoms. The normalized spacial score (nSPS) is 21.7. The average Bonchev–Trinajstić information content (AvgIpc) is 2.69. The molecule has 0 fully saturated rings. The number of benzene rings is 1. The van der Waals surface area contributed by atoms with Crippen molar-refractivity contribution in [3.05, 3.63) is 23.8 Å². The highest BCUT2D eigenvalue weighted by molar-refractivity contribution is 5.88. The molecule has 1 aromatic carbocycles. The Balaban J connectivity index is 2.40. The molecule has 1 aromatic rings. The molecule has 0 saturated carbocycles. The van der Waals surface area contributed by atoms with Crippen molar-refractivity contribution in [2.75, 3.05) is 14.2 Å². The third-order valence-electron chi connectivity index (χ3n) is 3.94. The molecule has 0 saturated heterocycles. The molecule has 0 amide bonds. The molecule has 20 heavy (non-hydrogen) atoms. The molecule has 110 valence electrons. The second kappa shape index (κ2) is 5.42. The van der Waals surface area contributed by atoms with Gasteiger partial charge in [0.05, 0.1) is 14.2 Å². The van der Waals surface area contributed by atoms with Crippen molar-refractivity contribution in [2.24, 2.45) is 0 Å². The molecule has 0 radical (unpaired) electrons. The summed E-state index contributed by atoms with van der Waals surface area (Å²) in [6.45, 7) is 6.08. The molecule has 1 aliphatic heterocycles. The minimum absolute atomic E-state index is 0.278. The Morgan fingerprint density at radius 1 is 1.25 bits per heavy atom. The predicted molar refractivity (Wildman–Crippen MR) is 76.3 cm³/mol. The van der Waals surface area contributed by atoms with E-state index >= 15 is 0 Å². The van der Waals surface area contributed by atoms with Crippen molar-refractivity contribution in [1.29, 1.82) is 0 Å². The first kappa shape index (κ1) is 14.8. The molecular formula is C15H23N2O3+. The lowest BCUT2D eigenvalue weighted by molar-refractivity contribution is -0.549. The lowest BCUT2D eigenvalue weighted by atomic mass is 9.97. The summed E-state index contributed by atoms with van der Waals surface area (Å²) in [6, 6.07) is 5.66. The molecule has 0 aliphatic carbocycles. The average molecular weight is 279 g/mol. The molecule has 5 heteroatoms. The van der Waals surface area contributed by atoms with E-state index in [4.69, 9.17) is 9.47 Å². The van der Waals surface area contributed by atoms with Gasteiger partial charge in [-0.15, -0.1) is 5.06 Å². The lowest BCUT2D eigenvalue weighted by Crippen LogP contribution is -2.72. The second-order valence-electron chi connectivity index (χ2n) is 5.40. The predicted octanol–water partition coefficient (Wildman–Crippen LogP) is 1.12. The zero-order chi connectivity index (χ0) is 14.9. The number of ether oxygens (including phenoxy) is 2. The molecule has 2 N–H and O–H groups in total. The minimum Gasteiger partial charge on any atom is -0.493 e. The van der Waals surface area contributed by atoms with Gasteiger partial charge in [-0.3, -0.25) is 0 Å². The molecule has 0 spiro atoms. The third-order valence-corrected chi connectivity index (χ3v) is 3.94. The standard InChI is InChI=1S/C15H22N2O3/c1-6-13-15(2,3)17(18)14(16-13)10-7-8-11(19-4)12(9-10)20-5/h7-9,14,18H,6H2,1-5H3/p+1. The summed E-state index contributed by atoms with van der Waals surface area (Å²) in [6.07, 6.45) is 0.591. The van der Waals surface area contributed by atoms with Crippen LogP contribution in [0.1, 0.15) is 38.9 Å². The van der Waals surface area contributed by atoms with Gasteiger partial charge in [0.1, 0.15) is 5.54 Å². The first-order valence-electron chi connectivity index (χ1n) is 6.78. The van der Waals surface area contributed by atoms with Gasteiger partial charge in [-0.25, -0.2) is 4.99 Å². The summed E-state index contributed by atoms with van der Waals surface area (Å²) in [4.78, 5) is 3.38. The van der Waals surface area contributed by atoms with Gasteiger partial charge in [-0.1, -0.05) is 6.92 Å². The quantitative estimate of drug-likeness (QED) is 0.867. The van der Waals surface area contributed by atoms with E-state index in [9.17, 15) is 5.21 Å². The highest BCUT2D eigenvalue weighted by atomic mass is 16.5. The zero-order valence-electron chi connectivity index (χ0n) is 12.7. The molecule has 1 atom stereocenters. The van der Waals surface area contributed by atoms with E-state index in [0.717, 1.165) is 17.7 Å². The Labute approximate surface area is 119 Å². The maximum atomic E-state index is 10.4. The van der Waals surface area contributed by atoms with Gasteiger partial charge in [0.2, 0.25) is 0 Å². The van der Waals surface area contributed by atoms with Gasteiger partial charge >= 0.3 is 0 Å². The van der Waals surface area contributed by atoms with E-state index < -0.39 is 5.54 Å². The number of nitrogens with zero attached hydrogens (tertiary/aromatic N) is 1. The fourth-order valence-corrected chi connectivity index (χ4v) is 2.65. The fourth-order valence-electron chi connectivity index (χ4n) is 2.65. The van der Waals surface area contributed by atoms with Crippen LogP contribution in [0.3, 0.4) is 0 Å². The Bertz CT molecular complexity index is 526. The Morgan fingerprint density at radius 3 is 2.40 bits per heavy atom. The Hall–Kier alpha value is -1.59. The van der Waals surface area contributed by atoms with E-state index in [1.54, 1.807) is 14.2 Å². The van der Waals surface area contributed by atoms with Crippen molar-refractivity contribution in [3.63, 3.8) is 0 Å². The van der Waals surface area contributed by atoms with Crippen molar-refractivity contribution in [1.82, 2.24) is 5.06 Å². The van der Waals surface area contributed by atoms with Crippen LogP contribution in [0.4, 0.5) is 0 Å². The first-order valence-corrected chi connectivity index (χ1v) is 6.78. The zero-order valence-corrected chi connectivity index (χ0v) is 12.7. The van der Waals surface area contributed by atoms with E-state index in [-0.39, 0.29) is 6.17 Å². The van der Waals surface area contributed by atoms with Gasteiger partial charge in [-0.2, -0.15) is 0 Å². The van der Waals surface area contributed by atoms with Crippen LogP contribution in [0.25, 0.3) is 0 Å². The summed E-state index contributed by atoms with van der Waals surface area (Å²) in [5.41, 5.74) is 1.65. The van der Waals surface area contributed by atoms with E-state index in [0.29, 0.717) is 11.5 Å². The number of hydrogen-bond donors (Lipinski definition) is 2. The molecule has 5 nitrogen and oxygen atoms in total. The molecule has 1 unspecified atom stereocenters. The summed E-state index contributed by atoms with van der Waals surface area (Å²) < 4.78 is 10.6. The van der Waals surface area contributed by atoms with E-state index in [2.05, 4.69) is 11.9 Å². The van der Waals surface area contributed by atoms with Crippen LogP contribution in [0.5, 0.6) is 11.5 Å². The van der Waals surface area contributed by atoms with Crippen LogP contribution < -0.4 is 14.5 Å². The van der Waals surface area contributed by atoms with Crippen LogP contribution in [0.15, 0.2) is 18.2 Å². The van der Waals surface area contributed by atoms with Gasteiger partial charge < -0.3 is 14.7 Å². The van der Waals surface area contributed by atoms with Crippen molar-refractivity contribution in [2.45, 2.75) is 38.9 Å². The summed E-state index contributed by atoms with van der Waals surface area (Å²) in [5.74, 6) is 1.33. The summed E-state index contributed by atoms with van der Waals surface area (Å²) in [7, 11) is 3.21. The molecule has 2 rings (SSSR count). The second-order valence-corrected chi connectivity index (χ2v) is 5.40. The number of hydrogen-bond acceptors (Lipinski definition) is 4. The number of rotatable bonds is 4. The maximum absolute atomic E-state index is 10.4. The maximum Gasteiger partial charge on any atom is 0.256 e. The van der Waals surface area contributed by atoms with Gasteiger partial charge in [0, 0.05) is 12.0 Å². The molecular weight excluding hydrogens is 256 g/mol. The number of hydroxylamine groups is 2. The van der Waals surface area contributed by atoms with Gasteiger partial charge in [0.25, 0.3) is 6.17 Å². The highest BCUT2D eigenvalue weighted by Gasteiger charge is 2.48. The van der Waals surface area contributed by atoms with Crippen LogP contribution in [-0.4, -0.2) is 35.7 Å². The molecule has 1 aliphatic rings. The fraction of sp³-hybridized carbons (Fsp3) is 0.533. The van der Waals surface area contributed by atoms with E-state index in [1.165, 1.54) is 5.06 Å². The van der Waals surface area contributed by atoms with Crippen LogP contribution in [0, 0.1) is 0 Å². The number of nitrogens with one attached hydrogen (secondary N) is 1. The van der Waals surface area contributed by atoms with Gasteiger partial charge in [0.15, 0.2) is 17.2 Å². The first-order chi connectivity index (χ1) is 9.45. The third kappa shape index (κ3) is 2.27. The smallest absolute Gasteiger partial charge is 0.256 e. The van der Waals surface area contributed by atoms with Crippen molar-refractivity contribution < 1.29 is 19.7 Å². The number of methoxy groups -OCH3 is 2. The van der Waals surface area contributed by atoms with Crippen molar-refractivity contribution >= 4 is 5.71 Å². The van der Waals surface area contributed by atoms with Crippen LogP contribution in [0.2, 0.25) is 0 Å². The summed E-state index contributed by atoms with van der Waals surface area (Å²) >= 11 is 0.